The number of rotatable bonds is 4. The van der Waals surface area contributed by atoms with Gasteiger partial charge in [-0.15, -0.1) is 0 Å². The predicted molar refractivity (Wildman–Crippen MR) is 70.7 cm³/mol. The first-order valence-electron chi connectivity index (χ1n) is 5.22. The summed E-state index contributed by atoms with van der Waals surface area (Å²) in [4.78, 5) is 0. The molecule has 0 saturated heterocycles. The molecule has 3 heteroatoms. The van der Waals surface area contributed by atoms with Crippen molar-refractivity contribution in [3.63, 3.8) is 0 Å². The van der Waals surface area contributed by atoms with E-state index in [0.717, 1.165) is 15.9 Å². The van der Waals surface area contributed by atoms with Crippen LogP contribution in [0.15, 0.2) is 22.7 Å². The third-order valence-electron chi connectivity index (χ3n) is 2.87. The molecule has 0 aliphatic carbocycles. The first kappa shape index (κ1) is 13.0. The van der Waals surface area contributed by atoms with Crippen LogP contribution in [0, 0.1) is 0 Å². The van der Waals surface area contributed by atoms with Gasteiger partial charge >= 0.3 is 0 Å². The molecule has 1 aromatic rings. The van der Waals surface area contributed by atoms with Crippen molar-refractivity contribution < 1.29 is 0 Å². The Bertz CT molecular complexity index is 323. The smallest absolute Gasteiger partial charge is 0.0452 e. The van der Waals surface area contributed by atoms with Crippen molar-refractivity contribution in [3.8, 4) is 0 Å². The Morgan fingerprint density at radius 2 is 2.13 bits per heavy atom. The van der Waals surface area contributed by atoms with Crippen LogP contribution in [-0.4, -0.2) is 13.1 Å². The van der Waals surface area contributed by atoms with Gasteiger partial charge in [-0.05, 0) is 37.1 Å². The minimum atomic E-state index is 0.431. The van der Waals surface area contributed by atoms with Crippen LogP contribution in [0.25, 0.3) is 0 Å². The molecule has 0 spiro atoms. The summed E-state index contributed by atoms with van der Waals surface area (Å²) in [6, 6.07) is 6.57. The van der Waals surface area contributed by atoms with Gasteiger partial charge < -0.3 is 5.32 Å². The fraction of sp³-hybridized carbons (Fsp3) is 0.500. The Labute approximate surface area is 105 Å². The predicted octanol–water partition coefficient (Wildman–Crippen LogP) is 4.20. The molecule has 0 fully saturated rings. The highest BCUT2D eigenvalue weighted by Gasteiger charge is 2.17. The van der Waals surface area contributed by atoms with E-state index in [1.165, 1.54) is 5.56 Å². The van der Waals surface area contributed by atoms with Crippen LogP contribution in [0.1, 0.15) is 31.7 Å². The molecule has 0 bridgehead atoms. The molecule has 0 amide bonds. The maximum atomic E-state index is 6.22. The maximum absolute atomic E-state index is 6.22. The number of halogens is 2. The Hall–Kier alpha value is -0.0500. The zero-order valence-corrected chi connectivity index (χ0v) is 11.7. The summed E-state index contributed by atoms with van der Waals surface area (Å²) in [7, 11) is 2.00. The molecule has 1 aromatic carbocycles. The van der Waals surface area contributed by atoms with E-state index in [9.17, 15) is 0 Å². The summed E-state index contributed by atoms with van der Waals surface area (Å²) in [6.45, 7) is 4.39. The summed E-state index contributed by atoms with van der Waals surface area (Å²) in [5, 5.41) is 4.16. The van der Waals surface area contributed by atoms with Crippen molar-refractivity contribution in [1.29, 1.82) is 0 Å². The fourth-order valence-corrected chi connectivity index (χ4v) is 2.74. The van der Waals surface area contributed by atoms with E-state index in [4.69, 9.17) is 11.6 Å². The molecule has 2 unspecified atom stereocenters. The lowest BCUT2D eigenvalue weighted by molar-refractivity contribution is 0.473. The minimum absolute atomic E-state index is 0.431. The van der Waals surface area contributed by atoms with E-state index >= 15 is 0 Å². The maximum Gasteiger partial charge on any atom is 0.0452 e. The largest absolute Gasteiger partial charge is 0.316 e. The average Bonchev–Trinajstić information content (AvgIpc) is 2.19. The van der Waals surface area contributed by atoms with Crippen molar-refractivity contribution in [2.24, 2.45) is 0 Å². The molecule has 2 atom stereocenters. The molecule has 0 heterocycles. The Kier molecular flexibility index (Phi) is 5.10. The molecule has 0 radical (unpaired) electrons. The third-order valence-corrected chi connectivity index (χ3v) is 3.69. The molecule has 0 aliphatic heterocycles. The molecule has 0 aliphatic rings. The van der Waals surface area contributed by atoms with Gasteiger partial charge in [-0.2, -0.15) is 0 Å². The van der Waals surface area contributed by atoms with Crippen molar-refractivity contribution in [3.05, 3.63) is 33.3 Å². The number of hydrogen-bond acceptors (Lipinski definition) is 1. The molecule has 84 valence electrons. The molecule has 0 saturated carbocycles. The van der Waals surface area contributed by atoms with Crippen molar-refractivity contribution >= 4 is 27.5 Å². The van der Waals surface area contributed by atoms with Crippen LogP contribution in [0.5, 0.6) is 0 Å². The molecule has 15 heavy (non-hydrogen) atoms. The Balaban J connectivity index is 2.94. The second kappa shape index (κ2) is 5.88. The van der Waals surface area contributed by atoms with E-state index in [2.05, 4.69) is 41.2 Å². The number of benzene rings is 1. The second-order valence-electron chi connectivity index (χ2n) is 3.76. The first-order chi connectivity index (χ1) is 7.10. The number of likely N-dealkylation sites (N-methyl/N-ethyl adjacent to an activating group) is 1. The fourth-order valence-electron chi connectivity index (χ4n) is 1.90. The zero-order valence-electron chi connectivity index (χ0n) is 9.35. The Morgan fingerprint density at radius 1 is 1.47 bits per heavy atom. The van der Waals surface area contributed by atoms with Crippen LogP contribution >= 0.6 is 27.5 Å². The summed E-state index contributed by atoms with van der Waals surface area (Å²) in [6.07, 6.45) is 1.10. The third kappa shape index (κ3) is 3.20. The normalized spacial score (nSPS) is 15.0. The SMILES string of the molecule is CCC(NC)C(C)c1ccc(Br)cc1Cl. The van der Waals surface area contributed by atoms with Gasteiger partial charge in [0.1, 0.15) is 0 Å². The topological polar surface area (TPSA) is 12.0 Å². The van der Waals surface area contributed by atoms with Gasteiger partial charge in [-0.3, -0.25) is 0 Å². The second-order valence-corrected chi connectivity index (χ2v) is 5.08. The van der Waals surface area contributed by atoms with Gasteiger partial charge in [0.25, 0.3) is 0 Å². The zero-order chi connectivity index (χ0) is 11.4. The minimum Gasteiger partial charge on any atom is -0.316 e. The summed E-state index contributed by atoms with van der Waals surface area (Å²) >= 11 is 9.64. The van der Waals surface area contributed by atoms with Crippen LogP contribution in [0.3, 0.4) is 0 Å². The molecular formula is C12H17BrClN. The van der Waals surface area contributed by atoms with Crippen LogP contribution in [-0.2, 0) is 0 Å². The number of nitrogens with one attached hydrogen (secondary N) is 1. The lowest BCUT2D eigenvalue weighted by Gasteiger charge is -2.23. The van der Waals surface area contributed by atoms with E-state index in [1.807, 2.05) is 19.2 Å². The van der Waals surface area contributed by atoms with E-state index in [1.54, 1.807) is 0 Å². The lowest BCUT2D eigenvalue weighted by Crippen LogP contribution is -2.30. The summed E-state index contributed by atoms with van der Waals surface area (Å²) < 4.78 is 1.03. The van der Waals surface area contributed by atoms with Gasteiger partial charge in [-0.25, -0.2) is 0 Å². The summed E-state index contributed by atoms with van der Waals surface area (Å²) in [5.74, 6) is 0.431. The highest BCUT2D eigenvalue weighted by atomic mass is 79.9. The lowest BCUT2D eigenvalue weighted by atomic mass is 9.92. The summed E-state index contributed by atoms with van der Waals surface area (Å²) in [5.41, 5.74) is 1.21. The van der Waals surface area contributed by atoms with E-state index < -0.39 is 0 Å². The number of hydrogen-bond donors (Lipinski definition) is 1. The van der Waals surface area contributed by atoms with Gasteiger partial charge in [0.05, 0.1) is 0 Å². The van der Waals surface area contributed by atoms with E-state index in [0.29, 0.717) is 12.0 Å². The van der Waals surface area contributed by atoms with E-state index in [-0.39, 0.29) is 0 Å². The van der Waals surface area contributed by atoms with Gasteiger partial charge in [0, 0.05) is 15.5 Å². The van der Waals surface area contributed by atoms with Gasteiger partial charge in [0.2, 0.25) is 0 Å². The quantitative estimate of drug-likeness (QED) is 0.876. The standard InChI is InChI=1S/C12H17BrClN/c1-4-12(15-3)8(2)10-6-5-9(13)7-11(10)14/h5-8,12,15H,4H2,1-3H3. The van der Waals surface area contributed by atoms with Crippen LogP contribution in [0.2, 0.25) is 5.02 Å². The van der Waals surface area contributed by atoms with Crippen molar-refractivity contribution in [1.82, 2.24) is 5.32 Å². The Morgan fingerprint density at radius 3 is 2.60 bits per heavy atom. The van der Waals surface area contributed by atoms with Gasteiger partial charge in [-0.1, -0.05) is 47.4 Å². The van der Waals surface area contributed by atoms with Crippen molar-refractivity contribution in [2.45, 2.75) is 32.2 Å². The van der Waals surface area contributed by atoms with Crippen molar-refractivity contribution in [2.75, 3.05) is 7.05 Å². The molecular weight excluding hydrogens is 273 g/mol. The average molecular weight is 291 g/mol. The molecule has 0 aromatic heterocycles. The molecule has 1 rings (SSSR count). The molecule has 1 nitrogen and oxygen atoms in total. The monoisotopic (exact) mass is 289 g/mol. The highest BCUT2D eigenvalue weighted by molar-refractivity contribution is 9.10. The highest BCUT2D eigenvalue weighted by Crippen LogP contribution is 2.30. The van der Waals surface area contributed by atoms with Gasteiger partial charge in [0.15, 0.2) is 0 Å². The molecule has 1 N–H and O–H groups in total. The first-order valence-corrected chi connectivity index (χ1v) is 6.39. The van der Waals surface area contributed by atoms with Crippen LogP contribution in [0.4, 0.5) is 0 Å². The van der Waals surface area contributed by atoms with Crippen LogP contribution < -0.4 is 5.32 Å².